The maximum atomic E-state index is 11.2. The highest BCUT2D eigenvalue weighted by atomic mass is 35.5. The summed E-state index contributed by atoms with van der Waals surface area (Å²) in [5, 5.41) is 0.578. The number of ether oxygens (including phenoxy) is 1. The lowest BCUT2D eigenvalue weighted by molar-refractivity contribution is -0.143. The van der Waals surface area contributed by atoms with Gasteiger partial charge in [0.05, 0.1) is 13.0 Å². The Morgan fingerprint density at radius 2 is 2.20 bits per heavy atom. The van der Waals surface area contributed by atoms with Gasteiger partial charge in [-0.05, 0) is 18.6 Å². The Kier molecular flexibility index (Phi) is 4.59. The van der Waals surface area contributed by atoms with Crippen LogP contribution >= 0.6 is 11.6 Å². The minimum absolute atomic E-state index is 0.150. The molecular formula is C11H14ClNO2. The van der Waals surface area contributed by atoms with E-state index >= 15 is 0 Å². The van der Waals surface area contributed by atoms with Crippen LogP contribution in [-0.4, -0.2) is 12.6 Å². The van der Waals surface area contributed by atoms with E-state index in [0.29, 0.717) is 11.6 Å². The molecule has 0 aliphatic rings. The number of esters is 1. The van der Waals surface area contributed by atoms with Crippen LogP contribution in [0.5, 0.6) is 0 Å². The molecule has 4 heteroatoms. The molecule has 0 heterocycles. The summed E-state index contributed by atoms with van der Waals surface area (Å²) in [7, 11) is 0. The van der Waals surface area contributed by atoms with Gasteiger partial charge in [-0.1, -0.05) is 29.8 Å². The predicted octanol–water partition coefficient (Wildman–Crippen LogP) is 2.29. The van der Waals surface area contributed by atoms with Gasteiger partial charge in [-0.2, -0.15) is 0 Å². The lowest BCUT2D eigenvalue weighted by atomic mass is 10.1. The Labute approximate surface area is 94.2 Å². The number of halogens is 1. The number of nitrogens with two attached hydrogens (primary N) is 1. The van der Waals surface area contributed by atoms with Crippen LogP contribution in [0.2, 0.25) is 5.02 Å². The third-order valence-electron chi connectivity index (χ3n) is 2.00. The van der Waals surface area contributed by atoms with Crippen molar-refractivity contribution in [2.24, 2.45) is 5.73 Å². The van der Waals surface area contributed by atoms with E-state index in [0.717, 1.165) is 5.56 Å². The number of carbonyl (C=O) groups excluding carboxylic acids is 1. The Morgan fingerprint density at radius 3 is 2.80 bits per heavy atom. The summed E-state index contributed by atoms with van der Waals surface area (Å²) in [6, 6.07) is 6.82. The minimum Gasteiger partial charge on any atom is -0.466 e. The molecule has 1 atom stereocenters. The summed E-state index contributed by atoms with van der Waals surface area (Å²) in [6.07, 6.45) is 0.150. The van der Waals surface area contributed by atoms with Crippen LogP contribution in [-0.2, 0) is 9.53 Å². The molecule has 0 fully saturated rings. The maximum Gasteiger partial charge on any atom is 0.307 e. The van der Waals surface area contributed by atoms with E-state index in [1.807, 2.05) is 18.2 Å². The summed E-state index contributed by atoms with van der Waals surface area (Å²) in [6.45, 7) is 2.13. The number of hydrogen-bond acceptors (Lipinski definition) is 3. The zero-order valence-corrected chi connectivity index (χ0v) is 9.33. The van der Waals surface area contributed by atoms with Gasteiger partial charge in [-0.3, -0.25) is 4.79 Å². The van der Waals surface area contributed by atoms with Gasteiger partial charge in [-0.25, -0.2) is 0 Å². The molecule has 0 spiro atoms. The SMILES string of the molecule is CCOC(=O)CC(N)c1ccccc1Cl. The first-order chi connectivity index (χ1) is 7.15. The Morgan fingerprint density at radius 1 is 1.53 bits per heavy atom. The topological polar surface area (TPSA) is 52.3 Å². The molecule has 0 saturated carbocycles. The van der Waals surface area contributed by atoms with Gasteiger partial charge in [0, 0.05) is 11.1 Å². The van der Waals surface area contributed by atoms with Gasteiger partial charge in [-0.15, -0.1) is 0 Å². The monoisotopic (exact) mass is 227 g/mol. The second kappa shape index (κ2) is 5.73. The number of hydrogen-bond donors (Lipinski definition) is 1. The molecule has 1 aromatic rings. The smallest absolute Gasteiger partial charge is 0.307 e. The molecular weight excluding hydrogens is 214 g/mol. The first-order valence-electron chi connectivity index (χ1n) is 4.80. The standard InChI is InChI=1S/C11H14ClNO2/c1-2-15-11(14)7-10(13)8-5-3-4-6-9(8)12/h3-6,10H,2,7,13H2,1H3. The quantitative estimate of drug-likeness (QED) is 0.803. The summed E-state index contributed by atoms with van der Waals surface area (Å²) in [5.74, 6) is -0.301. The van der Waals surface area contributed by atoms with Crippen molar-refractivity contribution in [2.75, 3.05) is 6.61 Å². The van der Waals surface area contributed by atoms with Crippen LogP contribution in [0.15, 0.2) is 24.3 Å². The van der Waals surface area contributed by atoms with E-state index < -0.39 is 6.04 Å². The molecule has 3 nitrogen and oxygen atoms in total. The van der Waals surface area contributed by atoms with Crippen LogP contribution in [0.1, 0.15) is 24.9 Å². The second-order valence-corrected chi connectivity index (χ2v) is 3.54. The number of rotatable bonds is 4. The molecule has 0 bridgehead atoms. The lowest BCUT2D eigenvalue weighted by Crippen LogP contribution is -2.17. The third kappa shape index (κ3) is 3.53. The van der Waals surface area contributed by atoms with E-state index in [1.165, 1.54) is 0 Å². The van der Waals surface area contributed by atoms with Crippen molar-refractivity contribution in [3.05, 3.63) is 34.9 Å². The molecule has 1 unspecified atom stereocenters. The molecule has 1 rings (SSSR count). The Balaban J connectivity index is 2.65. The summed E-state index contributed by atoms with van der Waals surface area (Å²) in [4.78, 5) is 11.2. The lowest BCUT2D eigenvalue weighted by Gasteiger charge is -2.12. The van der Waals surface area contributed by atoms with Crippen molar-refractivity contribution in [1.82, 2.24) is 0 Å². The van der Waals surface area contributed by atoms with Gasteiger partial charge < -0.3 is 10.5 Å². The van der Waals surface area contributed by atoms with Crippen LogP contribution in [0.3, 0.4) is 0 Å². The molecule has 0 aromatic heterocycles. The highest BCUT2D eigenvalue weighted by Gasteiger charge is 2.14. The zero-order valence-electron chi connectivity index (χ0n) is 8.57. The van der Waals surface area contributed by atoms with Crippen molar-refractivity contribution in [2.45, 2.75) is 19.4 Å². The van der Waals surface area contributed by atoms with E-state index in [9.17, 15) is 4.79 Å². The van der Waals surface area contributed by atoms with E-state index in [-0.39, 0.29) is 12.4 Å². The molecule has 0 aliphatic carbocycles. The largest absolute Gasteiger partial charge is 0.466 e. The fourth-order valence-corrected chi connectivity index (χ4v) is 1.56. The van der Waals surface area contributed by atoms with Crippen molar-refractivity contribution in [3.8, 4) is 0 Å². The molecule has 1 aromatic carbocycles. The van der Waals surface area contributed by atoms with Gasteiger partial charge in [0.2, 0.25) is 0 Å². The minimum atomic E-state index is -0.405. The summed E-state index contributed by atoms with van der Waals surface area (Å²) < 4.78 is 4.81. The molecule has 2 N–H and O–H groups in total. The van der Waals surface area contributed by atoms with Gasteiger partial charge >= 0.3 is 5.97 Å². The van der Waals surface area contributed by atoms with Crippen molar-refractivity contribution >= 4 is 17.6 Å². The average molecular weight is 228 g/mol. The second-order valence-electron chi connectivity index (χ2n) is 3.14. The van der Waals surface area contributed by atoms with Gasteiger partial charge in [0.15, 0.2) is 0 Å². The van der Waals surface area contributed by atoms with Crippen molar-refractivity contribution in [3.63, 3.8) is 0 Å². The average Bonchev–Trinajstić information content (AvgIpc) is 2.18. The molecule has 82 valence electrons. The first kappa shape index (κ1) is 12.0. The summed E-state index contributed by atoms with van der Waals surface area (Å²) in [5.41, 5.74) is 6.61. The molecule has 0 saturated heterocycles. The Bertz CT molecular complexity index is 341. The molecule has 0 aliphatic heterocycles. The van der Waals surface area contributed by atoms with E-state index in [2.05, 4.69) is 0 Å². The fourth-order valence-electron chi connectivity index (χ4n) is 1.29. The Hall–Kier alpha value is -1.06. The number of benzene rings is 1. The molecule has 0 amide bonds. The first-order valence-corrected chi connectivity index (χ1v) is 5.18. The normalized spacial score (nSPS) is 12.2. The molecule has 15 heavy (non-hydrogen) atoms. The van der Waals surface area contributed by atoms with E-state index in [1.54, 1.807) is 13.0 Å². The third-order valence-corrected chi connectivity index (χ3v) is 2.34. The van der Waals surface area contributed by atoms with Gasteiger partial charge in [0.1, 0.15) is 0 Å². The predicted molar refractivity (Wildman–Crippen MR) is 59.6 cm³/mol. The highest BCUT2D eigenvalue weighted by molar-refractivity contribution is 6.31. The van der Waals surface area contributed by atoms with Gasteiger partial charge in [0.25, 0.3) is 0 Å². The summed E-state index contributed by atoms with van der Waals surface area (Å²) >= 11 is 5.95. The number of carbonyl (C=O) groups is 1. The fraction of sp³-hybridized carbons (Fsp3) is 0.364. The van der Waals surface area contributed by atoms with Crippen LogP contribution in [0, 0.1) is 0 Å². The molecule has 0 radical (unpaired) electrons. The van der Waals surface area contributed by atoms with Crippen LogP contribution < -0.4 is 5.73 Å². The maximum absolute atomic E-state index is 11.2. The van der Waals surface area contributed by atoms with Crippen molar-refractivity contribution < 1.29 is 9.53 Å². The van der Waals surface area contributed by atoms with Crippen molar-refractivity contribution in [1.29, 1.82) is 0 Å². The highest BCUT2D eigenvalue weighted by Crippen LogP contribution is 2.23. The van der Waals surface area contributed by atoms with E-state index in [4.69, 9.17) is 22.1 Å². The van der Waals surface area contributed by atoms with Crippen LogP contribution in [0.4, 0.5) is 0 Å². The zero-order chi connectivity index (χ0) is 11.3. The van der Waals surface area contributed by atoms with Crippen LogP contribution in [0.25, 0.3) is 0 Å².